The second-order valence-electron chi connectivity index (χ2n) is 6.44. The number of carbonyl (C=O) groups excluding carboxylic acids is 1. The second kappa shape index (κ2) is 9.12. The lowest BCUT2D eigenvalue weighted by Crippen LogP contribution is -2.14. The van der Waals surface area contributed by atoms with E-state index in [0.29, 0.717) is 57.5 Å². The number of benzene rings is 2. The molecule has 0 saturated heterocycles. The molecule has 9 heteroatoms. The number of hydrogen-bond donors (Lipinski definition) is 2. The molecule has 2 aromatic carbocycles. The molecule has 7 nitrogen and oxygen atoms in total. The van der Waals surface area contributed by atoms with Crippen molar-refractivity contribution < 1.29 is 23.7 Å². The van der Waals surface area contributed by atoms with Gasteiger partial charge >= 0.3 is 0 Å². The highest BCUT2D eigenvalue weighted by atomic mass is 35.5. The number of hydrogen-bond acceptors (Lipinski definition) is 6. The standard InChI is InChI=1S/C19H21ClN2O5.ClH/c1-10(2)8-25-18-12(20)4-11(5-17(18)24-3)19(23)22-14-7-16-15(6-13(14)21)26-9-27-16;/h4-7,10H,8-9,21H2,1-3H3,(H,22,23);1H. The van der Waals surface area contributed by atoms with Crippen molar-refractivity contribution in [2.75, 3.05) is 31.6 Å². The molecule has 1 amide bonds. The van der Waals surface area contributed by atoms with E-state index in [-0.39, 0.29) is 19.2 Å². The minimum Gasteiger partial charge on any atom is -0.493 e. The van der Waals surface area contributed by atoms with E-state index < -0.39 is 5.91 Å². The number of carbonyl (C=O) groups is 1. The Hall–Kier alpha value is -2.51. The van der Waals surface area contributed by atoms with Crippen molar-refractivity contribution in [1.82, 2.24) is 0 Å². The number of amides is 1. The summed E-state index contributed by atoms with van der Waals surface area (Å²) in [7, 11) is 1.49. The van der Waals surface area contributed by atoms with Crippen molar-refractivity contribution in [3.8, 4) is 23.0 Å². The average molecular weight is 429 g/mol. The first kappa shape index (κ1) is 21.8. The number of halogens is 2. The summed E-state index contributed by atoms with van der Waals surface area (Å²) in [6, 6.07) is 6.32. The van der Waals surface area contributed by atoms with E-state index in [2.05, 4.69) is 5.32 Å². The molecule has 0 aliphatic carbocycles. The van der Waals surface area contributed by atoms with Gasteiger partial charge in [0.1, 0.15) is 0 Å². The van der Waals surface area contributed by atoms with E-state index >= 15 is 0 Å². The van der Waals surface area contributed by atoms with Gasteiger partial charge in [-0.25, -0.2) is 0 Å². The van der Waals surface area contributed by atoms with Crippen molar-refractivity contribution in [3.63, 3.8) is 0 Å². The summed E-state index contributed by atoms with van der Waals surface area (Å²) >= 11 is 6.31. The number of nitrogens with two attached hydrogens (primary N) is 1. The first-order valence-corrected chi connectivity index (χ1v) is 8.77. The highest BCUT2D eigenvalue weighted by molar-refractivity contribution is 6.32. The van der Waals surface area contributed by atoms with Crippen LogP contribution in [0.4, 0.5) is 11.4 Å². The Kier molecular flexibility index (Phi) is 7.10. The molecule has 1 heterocycles. The molecule has 0 aromatic heterocycles. The molecular formula is C19H22Cl2N2O5. The second-order valence-corrected chi connectivity index (χ2v) is 6.85. The van der Waals surface area contributed by atoms with E-state index in [0.717, 1.165) is 0 Å². The predicted molar refractivity (Wildman–Crippen MR) is 111 cm³/mol. The molecule has 3 rings (SSSR count). The van der Waals surface area contributed by atoms with Crippen LogP contribution in [0.3, 0.4) is 0 Å². The zero-order chi connectivity index (χ0) is 19.6. The summed E-state index contributed by atoms with van der Waals surface area (Å²) < 4.78 is 21.6. The van der Waals surface area contributed by atoms with E-state index in [9.17, 15) is 4.79 Å². The van der Waals surface area contributed by atoms with Gasteiger partial charge in [-0.15, -0.1) is 12.4 Å². The van der Waals surface area contributed by atoms with Crippen LogP contribution in [-0.2, 0) is 0 Å². The first-order valence-electron chi connectivity index (χ1n) is 8.39. The molecule has 3 N–H and O–H groups in total. The molecule has 0 spiro atoms. The van der Waals surface area contributed by atoms with Gasteiger partial charge in [0.25, 0.3) is 5.91 Å². The number of anilines is 2. The fourth-order valence-corrected chi connectivity index (χ4v) is 2.77. The molecule has 1 aliphatic rings. The van der Waals surface area contributed by atoms with Crippen LogP contribution in [0.1, 0.15) is 24.2 Å². The van der Waals surface area contributed by atoms with E-state index in [1.54, 1.807) is 18.2 Å². The van der Waals surface area contributed by atoms with Gasteiger partial charge in [0, 0.05) is 17.7 Å². The third kappa shape index (κ3) is 4.66. The minimum absolute atomic E-state index is 0. The quantitative estimate of drug-likeness (QED) is 0.663. The number of ether oxygens (including phenoxy) is 4. The lowest BCUT2D eigenvalue weighted by Gasteiger charge is -2.16. The zero-order valence-electron chi connectivity index (χ0n) is 15.7. The van der Waals surface area contributed by atoms with Crippen molar-refractivity contribution in [3.05, 3.63) is 34.9 Å². The van der Waals surface area contributed by atoms with Crippen molar-refractivity contribution >= 4 is 41.3 Å². The van der Waals surface area contributed by atoms with Gasteiger partial charge in [-0.3, -0.25) is 4.79 Å². The molecule has 0 radical (unpaired) electrons. The summed E-state index contributed by atoms with van der Waals surface area (Å²) in [6.45, 7) is 4.65. The third-order valence-electron chi connectivity index (χ3n) is 3.85. The molecule has 1 aliphatic heterocycles. The minimum atomic E-state index is -0.392. The van der Waals surface area contributed by atoms with Crippen LogP contribution < -0.4 is 30.0 Å². The number of rotatable bonds is 6. The smallest absolute Gasteiger partial charge is 0.255 e. The summed E-state index contributed by atoms with van der Waals surface area (Å²) in [5, 5.41) is 3.04. The molecule has 0 bridgehead atoms. The summed E-state index contributed by atoms with van der Waals surface area (Å²) in [6.07, 6.45) is 0. The lowest BCUT2D eigenvalue weighted by atomic mass is 10.1. The number of nitrogen functional groups attached to an aromatic ring is 1. The van der Waals surface area contributed by atoms with E-state index in [1.807, 2.05) is 13.8 Å². The number of fused-ring (bicyclic) bond motifs is 1. The molecule has 0 atom stereocenters. The summed E-state index contributed by atoms with van der Waals surface area (Å²) in [5.74, 6) is 1.78. The van der Waals surface area contributed by atoms with Crippen molar-refractivity contribution in [1.29, 1.82) is 0 Å². The van der Waals surface area contributed by atoms with Crippen LogP contribution >= 0.6 is 24.0 Å². The van der Waals surface area contributed by atoms with Crippen LogP contribution in [0.2, 0.25) is 5.02 Å². The van der Waals surface area contributed by atoms with E-state index in [4.69, 9.17) is 36.3 Å². The highest BCUT2D eigenvalue weighted by Crippen LogP contribution is 2.39. The van der Waals surface area contributed by atoms with Crippen LogP contribution in [0, 0.1) is 5.92 Å². The molecule has 2 aromatic rings. The topological polar surface area (TPSA) is 92.0 Å². The molecule has 0 fully saturated rings. The molecule has 0 saturated carbocycles. The average Bonchev–Trinajstić information content (AvgIpc) is 3.07. The molecular weight excluding hydrogens is 407 g/mol. The number of methoxy groups -OCH3 is 1. The Morgan fingerprint density at radius 1 is 1.25 bits per heavy atom. The van der Waals surface area contributed by atoms with Gasteiger partial charge in [-0.1, -0.05) is 25.4 Å². The highest BCUT2D eigenvalue weighted by Gasteiger charge is 2.20. The van der Waals surface area contributed by atoms with Gasteiger partial charge in [0.15, 0.2) is 23.0 Å². The Bertz CT molecular complexity index is 874. The van der Waals surface area contributed by atoms with Crippen LogP contribution in [0.5, 0.6) is 23.0 Å². The maximum absolute atomic E-state index is 12.7. The van der Waals surface area contributed by atoms with Gasteiger partial charge < -0.3 is 30.0 Å². The first-order chi connectivity index (χ1) is 12.9. The van der Waals surface area contributed by atoms with Gasteiger partial charge in [0.05, 0.1) is 30.1 Å². The monoisotopic (exact) mass is 428 g/mol. The van der Waals surface area contributed by atoms with Crippen LogP contribution in [-0.4, -0.2) is 26.4 Å². The van der Waals surface area contributed by atoms with Crippen molar-refractivity contribution in [2.24, 2.45) is 5.92 Å². The lowest BCUT2D eigenvalue weighted by molar-refractivity contribution is 0.102. The zero-order valence-corrected chi connectivity index (χ0v) is 17.3. The Morgan fingerprint density at radius 3 is 2.57 bits per heavy atom. The fourth-order valence-electron chi connectivity index (χ4n) is 2.50. The Morgan fingerprint density at radius 2 is 1.93 bits per heavy atom. The normalized spacial score (nSPS) is 11.8. The fraction of sp³-hybridized carbons (Fsp3) is 0.316. The Balaban J connectivity index is 0.00000280. The number of nitrogens with one attached hydrogen (secondary N) is 1. The Labute approximate surface area is 174 Å². The summed E-state index contributed by atoms with van der Waals surface area (Å²) in [4.78, 5) is 12.7. The third-order valence-corrected chi connectivity index (χ3v) is 4.13. The molecule has 28 heavy (non-hydrogen) atoms. The SMILES string of the molecule is COc1cc(C(=O)Nc2cc3c(cc2N)OCO3)cc(Cl)c1OCC(C)C.Cl. The molecule has 0 unspecified atom stereocenters. The summed E-state index contributed by atoms with van der Waals surface area (Å²) in [5.41, 5.74) is 7.07. The predicted octanol–water partition coefficient (Wildman–Crippen LogP) is 4.37. The largest absolute Gasteiger partial charge is 0.493 e. The van der Waals surface area contributed by atoms with Crippen LogP contribution in [0.25, 0.3) is 0 Å². The van der Waals surface area contributed by atoms with Gasteiger partial charge in [-0.2, -0.15) is 0 Å². The maximum Gasteiger partial charge on any atom is 0.255 e. The van der Waals surface area contributed by atoms with Gasteiger partial charge in [-0.05, 0) is 18.1 Å². The van der Waals surface area contributed by atoms with E-state index in [1.165, 1.54) is 13.2 Å². The van der Waals surface area contributed by atoms with Crippen LogP contribution in [0.15, 0.2) is 24.3 Å². The maximum atomic E-state index is 12.7. The molecule has 152 valence electrons. The van der Waals surface area contributed by atoms with Gasteiger partial charge in [0.2, 0.25) is 6.79 Å². The van der Waals surface area contributed by atoms with Crippen molar-refractivity contribution in [2.45, 2.75) is 13.8 Å².